The van der Waals surface area contributed by atoms with Crippen LogP contribution in [-0.4, -0.2) is 11.6 Å². The summed E-state index contributed by atoms with van der Waals surface area (Å²) in [4.78, 5) is 24.2. The molecule has 4 aliphatic carbocycles. The molecule has 3 saturated carbocycles. The van der Waals surface area contributed by atoms with Crippen LogP contribution in [0.3, 0.4) is 0 Å². The van der Waals surface area contributed by atoms with Gasteiger partial charge in [0.2, 0.25) is 0 Å². The highest BCUT2D eigenvalue weighted by atomic mass is 16.1. The van der Waals surface area contributed by atoms with E-state index in [-0.39, 0.29) is 11.2 Å². The minimum Gasteiger partial charge on any atom is -0.299 e. The van der Waals surface area contributed by atoms with Gasteiger partial charge in [0.25, 0.3) is 0 Å². The minimum absolute atomic E-state index is 0.0145. The van der Waals surface area contributed by atoms with Gasteiger partial charge in [0.15, 0.2) is 5.78 Å². The highest BCUT2D eigenvalue weighted by Gasteiger charge is 2.59. The number of Topliss-reactive ketones (excluding diaryl/α,β-unsaturated/α-hetero) is 2. The second kappa shape index (κ2) is 5.04. The third kappa shape index (κ3) is 2.06. The number of carbonyl (C=O) groups excluding carboxylic acids is 2. The molecule has 23 heavy (non-hydrogen) atoms. The molecule has 4 rings (SSSR count). The number of carbonyl (C=O) groups is 2. The molecule has 4 aliphatic rings. The molecule has 126 valence electrons. The van der Waals surface area contributed by atoms with Crippen molar-refractivity contribution >= 4 is 11.6 Å². The molecule has 0 aromatic carbocycles. The summed E-state index contributed by atoms with van der Waals surface area (Å²) in [6, 6.07) is 0. The van der Waals surface area contributed by atoms with Crippen molar-refractivity contribution in [3.63, 3.8) is 0 Å². The zero-order valence-electron chi connectivity index (χ0n) is 14.9. The number of rotatable bonds is 1. The number of hydrogen-bond acceptors (Lipinski definition) is 2. The Hall–Kier alpha value is -0.920. The summed E-state index contributed by atoms with van der Waals surface area (Å²) in [7, 11) is 0. The predicted molar refractivity (Wildman–Crippen MR) is 90.9 cm³/mol. The molecular formula is C21H30O2. The Morgan fingerprint density at radius 1 is 1.13 bits per heavy atom. The van der Waals surface area contributed by atoms with Gasteiger partial charge in [0, 0.05) is 11.8 Å². The summed E-state index contributed by atoms with van der Waals surface area (Å²) in [6.45, 7) is 6.46. The molecule has 0 aromatic heterocycles. The molecule has 0 bridgehead atoms. The fourth-order valence-electron chi connectivity index (χ4n) is 6.94. The van der Waals surface area contributed by atoms with Crippen LogP contribution in [0, 0.1) is 34.5 Å². The molecule has 2 heteroatoms. The van der Waals surface area contributed by atoms with Gasteiger partial charge in [0.05, 0.1) is 0 Å². The number of ketones is 2. The average Bonchev–Trinajstić information content (AvgIpc) is 2.82. The van der Waals surface area contributed by atoms with Crippen molar-refractivity contribution in [2.75, 3.05) is 0 Å². The van der Waals surface area contributed by atoms with Crippen LogP contribution in [-0.2, 0) is 9.59 Å². The lowest BCUT2D eigenvalue weighted by Crippen LogP contribution is -2.52. The fourth-order valence-corrected chi connectivity index (χ4v) is 6.94. The van der Waals surface area contributed by atoms with Crippen LogP contribution in [0.15, 0.2) is 11.6 Å². The largest absolute Gasteiger partial charge is 0.299 e. The van der Waals surface area contributed by atoms with Gasteiger partial charge in [-0.2, -0.15) is 0 Å². The highest BCUT2D eigenvalue weighted by molar-refractivity contribution is 5.93. The summed E-state index contributed by atoms with van der Waals surface area (Å²) in [5.41, 5.74) is 1.41. The Kier molecular flexibility index (Phi) is 3.42. The Morgan fingerprint density at radius 3 is 2.65 bits per heavy atom. The lowest BCUT2D eigenvalue weighted by Gasteiger charge is -2.59. The Bertz CT molecular complexity index is 589. The first kappa shape index (κ1) is 15.6. The van der Waals surface area contributed by atoms with Crippen LogP contribution in [0.1, 0.15) is 72.1 Å². The van der Waals surface area contributed by atoms with Gasteiger partial charge in [-0.25, -0.2) is 0 Å². The van der Waals surface area contributed by atoms with E-state index in [9.17, 15) is 9.59 Å². The van der Waals surface area contributed by atoms with E-state index in [0.29, 0.717) is 23.0 Å². The third-order valence-corrected chi connectivity index (χ3v) is 8.48. The van der Waals surface area contributed by atoms with E-state index in [1.54, 1.807) is 6.92 Å². The van der Waals surface area contributed by atoms with E-state index in [2.05, 4.69) is 19.9 Å². The summed E-state index contributed by atoms with van der Waals surface area (Å²) in [5, 5.41) is 0. The van der Waals surface area contributed by atoms with Gasteiger partial charge >= 0.3 is 0 Å². The zero-order chi connectivity index (χ0) is 16.4. The molecule has 0 saturated heterocycles. The van der Waals surface area contributed by atoms with Gasteiger partial charge in [-0.3, -0.25) is 9.59 Å². The van der Waals surface area contributed by atoms with E-state index in [1.165, 1.54) is 19.3 Å². The van der Waals surface area contributed by atoms with Crippen LogP contribution < -0.4 is 0 Å². The Labute approximate surface area is 140 Å². The van der Waals surface area contributed by atoms with Gasteiger partial charge in [0.1, 0.15) is 5.78 Å². The third-order valence-electron chi connectivity index (χ3n) is 8.48. The quantitative estimate of drug-likeness (QED) is 0.701. The number of hydrogen-bond donors (Lipinski definition) is 0. The maximum absolute atomic E-state index is 12.4. The molecule has 0 heterocycles. The normalized spacial score (nSPS) is 49.0. The molecule has 0 N–H and O–H groups in total. The maximum Gasteiger partial charge on any atom is 0.155 e. The van der Waals surface area contributed by atoms with Crippen molar-refractivity contribution in [2.24, 2.45) is 34.5 Å². The van der Waals surface area contributed by atoms with E-state index < -0.39 is 0 Å². The minimum atomic E-state index is -0.0145. The fraction of sp³-hybridized carbons (Fsp3) is 0.810. The maximum atomic E-state index is 12.4. The van der Waals surface area contributed by atoms with E-state index in [0.717, 1.165) is 49.5 Å². The van der Waals surface area contributed by atoms with Gasteiger partial charge in [-0.05, 0) is 86.5 Å². The SMILES string of the molecule is CC(=O)C1=CC[C@@]2(C)[C@H](CC[C@H]3[C@H]2CC[C@]2(C)C(=O)CC[C@H]32)C1. The second-order valence-electron chi connectivity index (χ2n) is 9.27. The first-order chi connectivity index (χ1) is 10.9. The lowest BCUT2D eigenvalue weighted by atomic mass is 9.45. The predicted octanol–water partition coefficient (Wildman–Crippen LogP) is 4.72. The van der Waals surface area contributed by atoms with E-state index >= 15 is 0 Å². The van der Waals surface area contributed by atoms with Crippen molar-refractivity contribution in [3.8, 4) is 0 Å². The molecule has 0 aliphatic heterocycles. The van der Waals surface area contributed by atoms with Crippen LogP contribution in [0.25, 0.3) is 0 Å². The van der Waals surface area contributed by atoms with Crippen LogP contribution in [0.4, 0.5) is 0 Å². The summed E-state index contributed by atoms with van der Waals surface area (Å²) in [5.74, 6) is 3.62. The highest BCUT2D eigenvalue weighted by Crippen LogP contribution is 2.65. The molecule has 2 nitrogen and oxygen atoms in total. The standard InChI is InChI=1S/C21H30O2/c1-13(22)14-8-10-20(2)15(12-14)4-5-16-17-6-7-19(23)21(17,3)11-9-18(16)20/h8,15-18H,4-7,9-12H2,1-3H3/t15-,16-,17-,18-,20+,21+/m1/s1. The topological polar surface area (TPSA) is 34.1 Å². The van der Waals surface area contributed by atoms with Gasteiger partial charge < -0.3 is 0 Å². The molecule has 0 unspecified atom stereocenters. The first-order valence-corrected chi connectivity index (χ1v) is 9.59. The Balaban J connectivity index is 1.64. The molecule has 3 fully saturated rings. The molecule has 6 atom stereocenters. The van der Waals surface area contributed by atoms with E-state index in [4.69, 9.17) is 0 Å². The average molecular weight is 314 g/mol. The molecule has 0 radical (unpaired) electrons. The van der Waals surface area contributed by atoms with Crippen molar-refractivity contribution in [2.45, 2.75) is 72.1 Å². The summed E-state index contributed by atoms with van der Waals surface area (Å²) in [6.07, 6.45) is 11.1. The molecule has 0 amide bonds. The number of fused-ring (bicyclic) bond motifs is 5. The van der Waals surface area contributed by atoms with Crippen LogP contribution in [0.5, 0.6) is 0 Å². The van der Waals surface area contributed by atoms with E-state index in [1.807, 2.05) is 0 Å². The van der Waals surface area contributed by atoms with Crippen molar-refractivity contribution in [1.29, 1.82) is 0 Å². The van der Waals surface area contributed by atoms with Crippen LogP contribution in [0.2, 0.25) is 0 Å². The molecular weight excluding hydrogens is 284 g/mol. The smallest absolute Gasteiger partial charge is 0.155 e. The van der Waals surface area contributed by atoms with Gasteiger partial charge in [-0.15, -0.1) is 0 Å². The summed E-state index contributed by atoms with van der Waals surface area (Å²) < 4.78 is 0. The van der Waals surface area contributed by atoms with Crippen LogP contribution >= 0.6 is 0 Å². The molecule has 0 spiro atoms. The first-order valence-electron chi connectivity index (χ1n) is 9.59. The van der Waals surface area contributed by atoms with Gasteiger partial charge in [-0.1, -0.05) is 19.9 Å². The number of allylic oxidation sites excluding steroid dienone is 2. The van der Waals surface area contributed by atoms with Crippen molar-refractivity contribution < 1.29 is 9.59 Å². The monoisotopic (exact) mass is 314 g/mol. The Morgan fingerprint density at radius 2 is 1.91 bits per heavy atom. The zero-order valence-corrected chi connectivity index (χ0v) is 14.9. The second-order valence-corrected chi connectivity index (χ2v) is 9.27. The van der Waals surface area contributed by atoms with Crippen molar-refractivity contribution in [3.05, 3.63) is 11.6 Å². The van der Waals surface area contributed by atoms with Crippen molar-refractivity contribution in [1.82, 2.24) is 0 Å². The lowest BCUT2D eigenvalue weighted by molar-refractivity contribution is -0.136. The molecule has 0 aromatic rings. The summed E-state index contributed by atoms with van der Waals surface area (Å²) >= 11 is 0.